The Morgan fingerprint density at radius 3 is 2.69 bits per heavy atom. The number of esters is 1. The van der Waals surface area contributed by atoms with E-state index in [4.69, 9.17) is 9.15 Å². The first-order valence-corrected chi connectivity index (χ1v) is 8.85. The number of hydrogen-bond donors (Lipinski definition) is 1. The number of carbonyl (C=O) groups excluding carboxylic acids is 2. The second-order valence-corrected chi connectivity index (χ2v) is 6.47. The smallest absolute Gasteiger partial charge is 0.308 e. The third kappa shape index (κ3) is 5.79. The van der Waals surface area contributed by atoms with Crippen molar-refractivity contribution in [2.75, 3.05) is 47.4 Å². The van der Waals surface area contributed by atoms with Crippen LogP contribution < -0.4 is 5.32 Å². The number of ether oxygens (including phenoxy) is 1. The monoisotopic (exact) mass is 364 g/mol. The highest BCUT2D eigenvalue weighted by molar-refractivity contribution is 5.85. The van der Waals surface area contributed by atoms with Crippen LogP contribution in [0.1, 0.15) is 18.6 Å². The molecule has 1 aliphatic rings. The van der Waals surface area contributed by atoms with Gasteiger partial charge in [0, 0.05) is 40.2 Å². The minimum absolute atomic E-state index is 0.0558. The Hall–Kier alpha value is -2.51. The highest BCUT2D eigenvalue weighted by atomic mass is 16.5. The number of carbonyl (C=O) groups is 2. The maximum Gasteiger partial charge on any atom is 0.308 e. The van der Waals surface area contributed by atoms with E-state index in [-0.39, 0.29) is 24.3 Å². The fraction of sp³-hybridized carbons (Fsp3) is 0.611. The van der Waals surface area contributed by atoms with Crippen LogP contribution in [0.3, 0.4) is 0 Å². The standard InChI is InChI=1S/C18H28N4O4/c1-21(2)16(23)13-20-18(19-9-6-15-5-4-12-26-15)22-10-7-14(8-11-22)17(24)25-3/h4-5,12,14H,6-11,13H2,1-3H3,(H,19,20). The summed E-state index contributed by atoms with van der Waals surface area (Å²) < 4.78 is 10.2. The summed E-state index contributed by atoms with van der Waals surface area (Å²) in [4.78, 5) is 31.6. The molecule has 2 heterocycles. The Bertz CT molecular complexity index is 605. The molecule has 2 rings (SSSR count). The fourth-order valence-electron chi connectivity index (χ4n) is 2.80. The van der Waals surface area contributed by atoms with Crippen molar-refractivity contribution in [3.8, 4) is 0 Å². The molecule has 1 saturated heterocycles. The zero-order valence-corrected chi connectivity index (χ0v) is 15.7. The highest BCUT2D eigenvalue weighted by Crippen LogP contribution is 2.18. The van der Waals surface area contributed by atoms with Crippen LogP contribution >= 0.6 is 0 Å². The normalized spacial score (nSPS) is 15.7. The summed E-state index contributed by atoms with van der Waals surface area (Å²) in [6.45, 7) is 2.14. The number of likely N-dealkylation sites (N-methyl/N-ethyl adjacent to an activating group) is 1. The van der Waals surface area contributed by atoms with Gasteiger partial charge in [-0.25, -0.2) is 4.99 Å². The van der Waals surface area contributed by atoms with E-state index in [9.17, 15) is 9.59 Å². The van der Waals surface area contributed by atoms with Gasteiger partial charge in [-0.05, 0) is 25.0 Å². The van der Waals surface area contributed by atoms with Crippen molar-refractivity contribution >= 4 is 17.8 Å². The Labute approximate surface area is 154 Å². The Balaban J connectivity index is 1.94. The summed E-state index contributed by atoms with van der Waals surface area (Å²) in [5.74, 6) is 1.31. The molecule has 1 aromatic heterocycles. The third-order valence-corrected chi connectivity index (χ3v) is 4.43. The lowest BCUT2D eigenvalue weighted by atomic mass is 9.97. The van der Waals surface area contributed by atoms with Gasteiger partial charge < -0.3 is 24.3 Å². The third-order valence-electron chi connectivity index (χ3n) is 4.43. The van der Waals surface area contributed by atoms with Crippen LogP contribution in [0.4, 0.5) is 0 Å². The SMILES string of the molecule is COC(=O)C1CCN(C(=NCC(=O)N(C)C)NCCc2ccco2)CC1. The first kappa shape index (κ1) is 19.8. The Morgan fingerprint density at radius 2 is 2.12 bits per heavy atom. The molecule has 1 aliphatic heterocycles. The number of nitrogens with one attached hydrogen (secondary N) is 1. The fourth-order valence-corrected chi connectivity index (χ4v) is 2.80. The molecule has 0 saturated carbocycles. The maximum absolute atomic E-state index is 11.9. The molecular formula is C18H28N4O4. The van der Waals surface area contributed by atoms with Crippen molar-refractivity contribution in [3.63, 3.8) is 0 Å². The molecule has 1 aromatic rings. The van der Waals surface area contributed by atoms with E-state index in [0.29, 0.717) is 38.4 Å². The molecule has 0 aromatic carbocycles. The van der Waals surface area contributed by atoms with Crippen LogP contribution in [0.15, 0.2) is 27.8 Å². The lowest BCUT2D eigenvalue weighted by molar-refractivity contribution is -0.146. The van der Waals surface area contributed by atoms with Crippen molar-refractivity contribution in [2.24, 2.45) is 10.9 Å². The quantitative estimate of drug-likeness (QED) is 0.455. The van der Waals surface area contributed by atoms with Crippen LogP contribution in [0.5, 0.6) is 0 Å². The molecule has 1 amide bonds. The first-order chi connectivity index (χ1) is 12.5. The summed E-state index contributed by atoms with van der Waals surface area (Å²) in [6.07, 6.45) is 3.81. The summed E-state index contributed by atoms with van der Waals surface area (Å²) in [6, 6.07) is 3.79. The molecule has 26 heavy (non-hydrogen) atoms. The van der Waals surface area contributed by atoms with Gasteiger partial charge in [-0.15, -0.1) is 0 Å². The van der Waals surface area contributed by atoms with E-state index >= 15 is 0 Å². The minimum atomic E-state index is -0.156. The summed E-state index contributed by atoms with van der Waals surface area (Å²) in [5, 5.41) is 3.31. The summed E-state index contributed by atoms with van der Waals surface area (Å²) >= 11 is 0. The van der Waals surface area contributed by atoms with Crippen molar-refractivity contribution in [1.82, 2.24) is 15.1 Å². The van der Waals surface area contributed by atoms with E-state index < -0.39 is 0 Å². The van der Waals surface area contributed by atoms with E-state index in [0.717, 1.165) is 12.2 Å². The first-order valence-electron chi connectivity index (χ1n) is 8.85. The largest absolute Gasteiger partial charge is 0.469 e. The van der Waals surface area contributed by atoms with Crippen LogP contribution in [-0.4, -0.2) is 75.0 Å². The van der Waals surface area contributed by atoms with Gasteiger partial charge in [0.05, 0.1) is 19.3 Å². The minimum Gasteiger partial charge on any atom is -0.469 e. The van der Waals surface area contributed by atoms with Gasteiger partial charge in [0.25, 0.3) is 0 Å². The number of hydrogen-bond acceptors (Lipinski definition) is 5. The van der Waals surface area contributed by atoms with Gasteiger partial charge >= 0.3 is 5.97 Å². The molecule has 0 bridgehead atoms. The van der Waals surface area contributed by atoms with Crippen LogP contribution in [0, 0.1) is 5.92 Å². The summed E-state index contributed by atoms with van der Waals surface area (Å²) in [5.41, 5.74) is 0. The molecule has 0 atom stereocenters. The van der Waals surface area contributed by atoms with Crippen LogP contribution in [0.25, 0.3) is 0 Å². The average Bonchev–Trinajstić information content (AvgIpc) is 3.17. The molecule has 144 valence electrons. The number of aliphatic imine (C=N–C) groups is 1. The molecule has 0 radical (unpaired) electrons. The van der Waals surface area contributed by atoms with Crippen molar-refractivity contribution in [1.29, 1.82) is 0 Å². The van der Waals surface area contributed by atoms with E-state index in [2.05, 4.69) is 15.2 Å². The van der Waals surface area contributed by atoms with Crippen molar-refractivity contribution in [2.45, 2.75) is 19.3 Å². The van der Waals surface area contributed by atoms with Crippen molar-refractivity contribution < 1.29 is 18.7 Å². The van der Waals surface area contributed by atoms with E-state index in [1.165, 1.54) is 12.0 Å². The van der Waals surface area contributed by atoms with Crippen LogP contribution in [0.2, 0.25) is 0 Å². The second-order valence-electron chi connectivity index (χ2n) is 6.47. The Kier molecular flexibility index (Phi) is 7.50. The van der Waals surface area contributed by atoms with Crippen molar-refractivity contribution in [3.05, 3.63) is 24.2 Å². The number of nitrogens with zero attached hydrogens (tertiary/aromatic N) is 3. The second kappa shape index (κ2) is 9.84. The molecule has 8 heteroatoms. The van der Waals surface area contributed by atoms with E-state index in [1.807, 2.05) is 12.1 Å². The lowest BCUT2D eigenvalue weighted by Crippen LogP contribution is -2.47. The molecule has 0 unspecified atom stereocenters. The number of furan rings is 1. The zero-order chi connectivity index (χ0) is 18.9. The molecule has 1 fully saturated rings. The summed E-state index contributed by atoms with van der Waals surface area (Å²) in [7, 11) is 4.85. The number of guanidine groups is 1. The van der Waals surface area contributed by atoms with Gasteiger partial charge in [-0.2, -0.15) is 0 Å². The number of amides is 1. The van der Waals surface area contributed by atoms with Gasteiger partial charge in [0.2, 0.25) is 5.91 Å². The maximum atomic E-state index is 11.9. The number of likely N-dealkylation sites (tertiary alicyclic amines) is 1. The highest BCUT2D eigenvalue weighted by Gasteiger charge is 2.27. The van der Waals surface area contributed by atoms with Gasteiger partial charge in [-0.3, -0.25) is 9.59 Å². The van der Waals surface area contributed by atoms with Gasteiger partial charge in [-0.1, -0.05) is 0 Å². The molecule has 0 spiro atoms. The lowest BCUT2D eigenvalue weighted by Gasteiger charge is -2.33. The molecule has 0 aliphatic carbocycles. The van der Waals surface area contributed by atoms with E-state index in [1.54, 1.807) is 20.4 Å². The van der Waals surface area contributed by atoms with Crippen LogP contribution in [-0.2, 0) is 20.7 Å². The molecule has 8 nitrogen and oxygen atoms in total. The zero-order valence-electron chi connectivity index (χ0n) is 15.7. The number of methoxy groups -OCH3 is 1. The van der Waals surface area contributed by atoms with Gasteiger partial charge in [0.15, 0.2) is 5.96 Å². The predicted octanol–water partition coefficient (Wildman–Crippen LogP) is 0.741. The number of rotatable bonds is 6. The topological polar surface area (TPSA) is 87.4 Å². The molecule has 1 N–H and O–H groups in total. The predicted molar refractivity (Wildman–Crippen MR) is 97.7 cm³/mol. The number of piperidine rings is 1. The average molecular weight is 364 g/mol. The molecular weight excluding hydrogens is 336 g/mol. The Morgan fingerprint density at radius 1 is 1.38 bits per heavy atom. The van der Waals surface area contributed by atoms with Gasteiger partial charge in [0.1, 0.15) is 12.3 Å².